The Labute approximate surface area is 194 Å². The van der Waals surface area contributed by atoms with Crippen molar-refractivity contribution in [2.24, 2.45) is 5.92 Å². The maximum absolute atomic E-state index is 6.57. The fraction of sp³-hybridized carbons (Fsp3) is 0.375. The van der Waals surface area contributed by atoms with Crippen LogP contribution in [0, 0.1) is 5.92 Å². The zero-order valence-electron chi connectivity index (χ0n) is 17.6. The first-order chi connectivity index (χ1) is 15.2. The van der Waals surface area contributed by atoms with Crippen molar-refractivity contribution < 1.29 is 9.47 Å². The highest BCUT2D eigenvalue weighted by molar-refractivity contribution is 6.51. The van der Waals surface area contributed by atoms with Crippen LogP contribution in [0.1, 0.15) is 30.4 Å². The van der Waals surface area contributed by atoms with Crippen molar-refractivity contribution in [3.05, 3.63) is 82.1 Å². The molecule has 0 saturated carbocycles. The Morgan fingerprint density at radius 2 is 1.65 bits per heavy atom. The Hall–Kier alpha value is -1.79. The predicted molar refractivity (Wildman–Crippen MR) is 127 cm³/mol. The first-order valence-electron chi connectivity index (χ1n) is 10.7. The van der Waals surface area contributed by atoms with Crippen LogP contribution in [0.25, 0.3) is 0 Å². The standard InChI is InChI=1S/C24H26BCl2N2O2/c1-2-17(23-30-13-14-31-23)16-29-12-11-28-24(29)25-15-20(18-7-3-5-9-21(18)26)19-8-4-6-10-22(19)27/h3-12,17,20,23H,2,13-16H2,1H3. The van der Waals surface area contributed by atoms with E-state index in [-0.39, 0.29) is 18.1 Å². The molecule has 0 amide bonds. The summed E-state index contributed by atoms with van der Waals surface area (Å²) in [7, 11) is 2.17. The molecule has 0 spiro atoms. The number of nitrogens with zero attached hydrogens (tertiary/aromatic N) is 2. The highest BCUT2D eigenvalue weighted by atomic mass is 35.5. The summed E-state index contributed by atoms with van der Waals surface area (Å²) in [6, 6.07) is 15.9. The summed E-state index contributed by atoms with van der Waals surface area (Å²) in [6.45, 7) is 4.31. The maximum Gasteiger partial charge on any atom is 0.202 e. The van der Waals surface area contributed by atoms with E-state index in [4.69, 9.17) is 32.7 Å². The highest BCUT2D eigenvalue weighted by Gasteiger charge is 2.27. The topological polar surface area (TPSA) is 36.3 Å². The minimum absolute atomic E-state index is 0.0380. The van der Waals surface area contributed by atoms with Crippen LogP contribution in [0.15, 0.2) is 60.9 Å². The van der Waals surface area contributed by atoms with Gasteiger partial charge in [-0.2, -0.15) is 0 Å². The molecule has 0 N–H and O–H groups in total. The number of benzene rings is 2. The third-order valence-corrected chi connectivity index (χ3v) is 6.52. The van der Waals surface area contributed by atoms with Crippen molar-refractivity contribution in [2.75, 3.05) is 13.2 Å². The average Bonchev–Trinajstić information content (AvgIpc) is 3.46. The van der Waals surface area contributed by atoms with Crippen LogP contribution in [0.3, 0.4) is 0 Å². The van der Waals surface area contributed by atoms with Crippen molar-refractivity contribution in [3.8, 4) is 0 Å². The van der Waals surface area contributed by atoms with Crippen molar-refractivity contribution in [1.29, 1.82) is 0 Å². The Bertz CT molecular complexity index is 945. The zero-order chi connectivity index (χ0) is 21.6. The summed E-state index contributed by atoms with van der Waals surface area (Å²) >= 11 is 13.1. The number of rotatable bonds is 9. The fourth-order valence-electron chi connectivity index (χ4n) is 4.13. The molecule has 1 aromatic heterocycles. The van der Waals surface area contributed by atoms with Crippen LogP contribution < -0.4 is 5.72 Å². The minimum Gasteiger partial charge on any atom is -0.350 e. The molecule has 1 fully saturated rings. The summed E-state index contributed by atoms with van der Waals surface area (Å²) in [6.07, 6.45) is 5.43. The lowest BCUT2D eigenvalue weighted by Crippen LogP contribution is -2.33. The van der Waals surface area contributed by atoms with Crippen molar-refractivity contribution >= 4 is 36.2 Å². The molecule has 1 unspecified atom stereocenters. The molecular formula is C24H26BCl2N2O2. The van der Waals surface area contributed by atoms with Crippen LogP contribution in [0.5, 0.6) is 0 Å². The second-order valence-electron chi connectivity index (χ2n) is 7.75. The summed E-state index contributed by atoms with van der Waals surface area (Å²) < 4.78 is 13.7. The summed E-state index contributed by atoms with van der Waals surface area (Å²) in [4.78, 5) is 4.59. The average molecular weight is 456 g/mol. The molecule has 31 heavy (non-hydrogen) atoms. The van der Waals surface area contributed by atoms with Crippen LogP contribution in [0.2, 0.25) is 16.4 Å². The van der Waals surface area contributed by atoms with Gasteiger partial charge in [0.05, 0.1) is 18.9 Å². The van der Waals surface area contributed by atoms with Crippen molar-refractivity contribution in [2.45, 2.75) is 38.4 Å². The Morgan fingerprint density at radius 1 is 1.03 bits per heavy atom. The first kappa shape index (κ1) is 22.4. The van der Waals surface area contributed by atoms with Gasteiger partial charge in [-0.15, -0.1) is 0 Å². The summed E-state index contributed by atoms with van der Waals surface area (Å²) in [5, 5.41) is 1.48. The minimum atomic E-state index is -0.140. The second-order valence-corrected chi connectivity index (χ2v) is 8.57. The van der Waals surface area contributed by atoms with Crippen LogP contribution in [-0.4, -0.2) is 36.3 Å². The predicted octanol–water partition coefficient (Wildman–Crippen LogP) is 5.17. The number of aromatic nitrogens is 2. The summed E-state index contributed by atoms with van der Waals surface area (Å²) in [5.41, 5.74) is 3.05. The first-order valence-corrected chi connectivity index (χ1v) is 11.5. The quantitative estimate of drug-likeness (QED) is 0.417. The van der Waals surface area contributed by atoms with Crippen LogP contribution >= 0.6 is 23.2 Å². The molecule has 4 nitrogen and oxygen atoms in total. The zero-order valence-corrected chi connectivity index (χ0v) is 19.1. The van der Waals surface area contributed by atoms with Gasteiger partial charge in [-0.3, -0.25) is 4.98 Å². The van der Waals surface area contributed by atoms with Gasteiger partial charge < -0.3 is 14.0 Å². The maximum atomic E-state index is 6.57. The van der Waals surface area contributed by atoms with Crippen LogP contribution in [0.4, 0.5) is 0 Å². The number of hydrogen-bond acceptors (Lipinski definition) is 3. The third kappa shape index (κ3) is 5.35. The molecule has 1 radical (unpaired) electrons. The van der Waals surface area contributed by atoms with Gasteiger partial charge in [0.1, 0.15) is 0 Å². The molecular weight excluding hydrogens is 430 g/mol. The SMILES string of the molecule is CCC(Cn1ccnc1[B]CC(c1ccccc1Cl)c1ccccc1Cl)C1OCCO1. The van der Waals surface area contributed by atoms with Gasteiger partial charge in [-0.05, 0) is 29.7 Å². The highest BCUT2D eigenvalue weighted by Crippen LogP contribution is 2.36. The van der Waals surface area contributed by atoms with E-state index in [0.29, 0.717) is 13.2 Å². The lowest BCUT2D eigenvalue weighted by Gasteiger charge is -2.23. The number of imidazole rings is 1. The largest absolute Gasteiger partial charge is 0.350 e. The second kappa shape index (κ2) is 10.7. The van der Waals surface area contributed by atoms with E-state index in [2.05, 4.69) is 35.9 Å². The molecule has 1 aliphatic rings. The normalized spacial score (nSPS) is 15.5. The lowest BCUT2D eigenvalue weighted by atomic mass is 9.65. The molecule has 4 rings (SSSR count). The molecule has 7 heteroatoms. The van der Waals surface area contributed by atoms with Gasteiger partial charge in [0.15, 0.2) is 6.29 Å². The Kier molecular flexibility index (Phi) is 7.73. The van der Waals surface area contributed by atoms with E-state index in [1.807, 2.05) is 48.8 Å². The molecule has 1 aliphatic heterocycles. The van der Waals surface area contributed by atoms with E-state index < -0.39 is 0 Å². The van der Waals surface area contributed by atoms with Crippen molar-refractivity contribution in [3.63, 3.8) is 0 Å². The van der Waals surface area contributed by atoms with E-state index in [1.54, 1.807) is 0 Å². The van der Waals surface area contributed by atoms with Crippen LogP contribution in [-0.2, 0) is 16.0 Å². The summed E-state index contributed by atoms with van der Waals surface area (Å²) in [5.74, 6) is 0.322. The Morgan fingerprint density at radius 3 is 2.23 bits per heavy atom. The molecule has 1 saturated heterocycles. The molecule has 2 heterocycles. The molecule has 3 aromatic rings. The molecule has 0 aliphatic carbocycles. The Balaban J connectivity index is 1.54. The molecule has 0 bridgehead atoms. The van der Waals surface area contributed by atoms with E-state index in [9.17, 15) is 0 Å². The van der Waals surface area contributed by atoms with E-state index >= 15 is 0 Å². The monoisotopic (exact) mass is 455 g/mol. The molecule has 1 atom stereocenters. The molecule has 2 aromatic carbocycles. The van der Waals surface area contributed by atoms with Crippen molar-refractivity contribution in [1.82, 2.24) is 9.55 Å². The lowest BCUT2D eigenvalue weighted by molar-refractivity contribution is -0.0882. The van der Waals surface area contributed by atoms with Gasteiger partial charge in [0.2, 0.25) is 7.28 Å². The third-order valence-electron chi connectivity index (χ3n) is 5.83. The smallest absolute Gasteiger partial charge is 0.202 e. The van der Waals surface area contributed by atoms with Gasteiger partial charge in [-0.25, -0.2) is 0 Å². The number of halogens is 2. The van der Waals surface area contributed by atoms with Gasteiger partial charge in [0.25, 0.3) is 0 Å². The van der Waals surface area contributed by atoms with Gasteiger partial charge >= 0.3 is 0 Å². The molecule has 161 valence electrons. The van der Waals surface area contributed by atoms with Gasteiger partial charge in [0, 0.05) is 40.8 Å². The van der Waals surface area contributed by atoms with Gasteiger partial charge in [-0.1, -0.05) is 72.8 Å². The fourth-order valence-corrected chi connectivity index (χ4v) is 4.67. The van der Waals surface area contributed by atoms with E-state index in [1.165, 1.54) is 0 Å². The van der Waals surface area contributed by atoms with E-state index in [0.717, 1.165) is 46.2 Å². The number of ether oxygens (including phenoxy) is 2. The number of hydrogen-bond donors (Lipinski definition) is 0.